The molecule has 3 saturated heterocycles. The van der Waals surface area contributed by atoms with Gasteiger partial charge in [-0.2, -0.15) is 0 Å². The molecule has 0 radical (unpaired) electrons. The lowest BCUT2D eigenvalue weighted by Crippen LogP contribution is -2.65. The summed E-state index contributed by atoms with van der Waals surface area (Å²) in [5.41, 5.74) is -4.77. The van der Waals surface area contributed by atoms with Crippen molar-refractivity contribution in [1.29, 1.82) is 0 Å². The molecule has 0 amide bonds. The van der Waals surface area contributed by atoms with E-state index in [-0.39, 0.29) is 35.1 Å². The molecule has 14 nitrogen and oxygen atoms in total. The highest BCUT2D eigenvalue weighted by molar-refractivity contribution is 5.88. The van der Waals surface area contributed by atoms with Crippen LogP contribution >= 0.6 is 0 Å². The SMILES string of the molecule is CC(C)(O)[C@@H]1CC[C@@](C)([C@H]2[C@@H](O)C[C@@]3(C)[C@@H]4CC=C5[C@@H](CC[C@H](O[C@@H]6O[C@H](CO)[C@@H](O[C@@H]7OC[C@](O)(CO)[C@H]7O)[C@H](O)[C@H]6O)C5(C)C)[C@]4(C)C(=O)C[C@]23C)O1. The number of ether oxygens (including phenoxy) is 5. The first-order valence-electron chi connectivity index (χ1n) is 20.3. The molecule has 314 valence electrons. The molecule has 0 unspecified atom stereocenters. The third kappa shape index (κ3) is 6.10. The van der Waals surface area contributed by atoms with Gasteiger partial charge in [0, 0.05) is 23.2 Å². The van der Waals surface area contributed by atoms with Gasteiger partial charge in [0.1, 0.15) is 41.9 Å². The molecule has 18 atom stereocenters. The summed E-state index contributed by atoms with van der Waals surface area (Å²) < 4.78 is 30.2. The Morgan fingerprint density at radius 3 is 2.22 bits per heavy atom. The predicted octanol–water partition coefficient (Wildman–Crippen LogP) is 1.10. The summed E-state index contributed by atoms with van der Waals surface area (Å²) in [7, 11) is 0. The van der Waals surface area contributed by atoms with Gasteiger partial charge in [-0.1, -0.05) is 46.3 Å². The Kier molecular flexibility index (Phi) is 10.5. The number of hydrogen-bond acceptors (Lipinski definition) is 14. The first-order chi connectivity index (χ1) is 25.4. The lowest BCUT2D eigenvalue weighted by Gasteiger charge is -2.65. The number of Topliss-reactive ketones (excluding diaryl/α,β-unsaturated/α-hetero) is 1. The Morgan fingerprint density at radius 2 is 1.62 bits per heavy atom. The van der Waals surface area contributed by atoms with Crippen LogP contribution < -0.4 is 0 Å². The number of fused-ring (bicyclic) bond motifs is 5. The van der Waals surface area contributed by atoms with Crippen LogP contribution in [0, 0.1) is 39.4 Å². The molecule has 0 bridgehead atoms. The van der Waals surface area contributed by atoms with Crippen LogP contribution in [0.1, 0.15) is 100 Å². The molecule has 3 aliphatic heterocycles. The first kappa shape index (κ1) is 42.0. The molecule has 7 rings (SSSR count). The van der Waals surface area contributed by atoms with Gasteiger partial charge >= 0.3 is 0 Å². The normalized spacial score (nSPS) is 53.8. The summed E-state index contributed by atoms with van der Waals surface area (Å²) in [5, 5.41) is 85.8. The third-order valence-corrected chi connectivity index (χ3v) is 16.3. The van der Waals surface area contributed by atoms with Crippen LogP contribution in [0.3, 0.4) is 0 Å². The summed E-state index contributed by atoms with van der Waals surface area (Å²) in [5.74, 6) is -0.186. The highest BCUT2D eigenvalue weighted by atomic mass is 16.7. The second-order valence-electron chi connectivity index (χ2n) is 20.2. The van der Waals surface area contributed by atoms with E-state index in [1.807, 2.05) is 0 Å². The maximum absolute atomic E-state index is 14.9. The van der Waals surface area contributed by atoms with Gasteiger partial charge in [-0.15, -0.1) is 0 Å². The van der Waals surface area contributed by atoms with Crippen LogP contribution in [0.5, 0.6) is 0 Å². The number of carbonyl (C=O) groups is 1. The van der Waals surface area contributed by atoms with Crippen molar-refractivity contribution >= 4 is 5.78 Å². The molecule has 0 aromatic heterocycles. The molecular weight excluding hydrogens is 716 g/mol. The fraction of sp³-hybridized carbons (Fsp3) is 0.927. The van der Waals surface area contributed by atoms with Crippen molar-refractivity contribution in [2.24, 2.45) is 39.4 Å². The number of rotatable bonds is 8. The third-order valence-electron chi connectivity index (χ3n) is 16.3. The Bertz CT molecular complexity index is 1510. The summed E-state index contributed by atoms with van der Waals surface area (Å²) in [6, 6.07) is 0. The monoisotopic (exact) mass is 782 g/mol. The summed E-state index contributed by atoms with van der Waals surface area (Å²) in [4.78, 5) is 14.9. The smallest absolute Gasteiger partial charge is 0.187 e. The van der Waals surface area contributed by atoms with E-state index in [4.69, 9.17) is 23.7 Å². The number of carbonyl (C=O) groups excluding carboxylic acids is 1. The molecule has 14 heteroatoms. The maximum Gasteiger partial charge on any atom is 0.187 e. The Labute approximate surface area is 324 Å². The van der Waals surface area contributed by atoms with Crippen molar-refractivity contribution in [3.05, 3.63) is 11.6 Å². The van der Waals surface area contributed by atoms with Crippen LogP contribution in [-0.2, 0) is 28.5 Å². The van der Waals surface area contributed by atoms with Crippen LogP contribution in [0.15, 0.2) is 11.6 Å². The van der Waals surface area contributed by atoms with Gasteiger partial charge in [-0.3, -0.25) is 4.79 Å². The van der Waals surface area contributed by atoms with E-state index < -0.39 is 108 Å². The van der Waals surface area contributed by atoms with Crippen molar-refractivity contribution in [2.75, 3.05) is 19.8 Å². The number of hydrogen-bond donors (Lipinski definition) is 8. The van der Waals surface area contributed by atoms with Gasteiger partial charge in [0.2, 0.25) is 0 Å². The average molecular weight is 783 g/mol. The molecule has 8 N–H and O–H groups in total. The van der Waals surface area contributed by atoms with Crippen LogP contribution in [0.2, 0.25) is 0 Å². The van der Waals surface area contributed by atoms with E-state index >= 15 is 0 Å². The molecular formula is C41H66O14. The van der Waals surface area contributed by atoms with Crippen LogP contribution in [-0.4, -0.2) is 145 Å². The predicted molar refractivity (Wildman–Crippen MR) is 195 cm³/mol. The quantitative estimate of drug-likeness (QED) is 0.162. The molecule has 0 aromatic carbocycles. The average Bonchev–Trinajstić information content (AvgIpc) is 3.71. The highest BCUT2D eigenvalue weighted by Crippen LogP contribution is 2.75. The zero-order chi connectivity index (χ0) is 40.5. The van der Waals surface area contributed by atoms with Crippen molar-refractivity contribution in [1.82, 2.24) is 0 Å². The maximum atomic E-state index is 14.9. The van der Waals surface area contributed by atoms with Gasteiger partial charge in [-0.05, 0) is 82.0 Å². The fourth-order valence-corrected chi connectivity index (χ4v) is 12.9. The molecule has 0 aromatic rings. The first-order valence-corrected chi connectivity index (χ1v) is 20.3. The van der Waals surface area contributed by atoms with Crippen molar-refractivity contribution in [3.8, 4) is 0 Å². The van der Waals surface area contributed by atoms with Crippen LogP contribution in [0.4, 0.5) is 0 Å². The van der Waals surface area contributed by atoms with Crippen molar-refractivity contribution in [2.45, 2.75) is 179 Å². The van der Waals surface area contributed by atoms with E-state index in [1.165, 1.54) is 0 Å². The van der Waals surface area contributed by atoms with Gasteiger partial charge in [0.15, 0.2) is 12.6 Å². The number of allylic oxidation sites excluding steroid dienone is 1. The van der Waals surface area contributed by atoms with Crippen molar-refractivity contribution in [3.63, 3.8) is 0 Å². The van der Waals surface area contributed by atoms with E-state index in [2.05, 4.69) is 47.6 Å². The number of aliphatic hydroxyl groups excluding tert-OH is 6. The second-order valence-corrected chi connectivity index (χ2v) is 20.2. The van der Waals surface area contributed by atoms with E-state index in [1.54, 1.807) is 13.8 Å². The zero-order valence-electron chi connectivity index (χ0n) is 33.7. The summed E-state index contributed by atoms with van der Waals surface area (Å²) >= 11 is 0. The number of ketones is 1. The summed E-state index contributed by atoms with van der Waals surface area (Å²) in [6.45, 7) is 14.4. The Hall–Kier alpha value is -1.11. The minimum Gasteiger partial charge on any atom is -0.394 e. The largest absolute Gasteiger partial charge is 0.394 e. The topological polar surface area (TPSA) is 225 Å². The molecule has 3 heterocycles. The van der Waals surface area contributed by atoms with Gasteiger partial charge < -0.3 is 64.5 Å². The Morgan fingerprint density at radius 1 is 0.927 bits per heavy atom. The zero-order valence-corrected chi connectivity index (χ0v) is 33.7. The summed E-state index contributed by atoms with van der Waals surface area (Å²) in [6.07, 6.45) is -5.38. The van der Waals surface area contributed by atoms with Gasteiger partial charge in [0.25, 0.3) is 0 Å². The van der Waals surface area contributed by atoms with E-state index in [0.29, 0.717) is 44.9 Å². The van der Waals surface area contributed by atoms with E-state index in [9.17, 15) is 45.6 Å². The Balaban J connectivity index is 1.10. The van der Waals surface area contributed by atoms with E-state index in [0.717, 1.165) is 5.57 Å². The molecule has 7 aliphatic rings. The fourth-order valence-electron chi connectivity index (χ4n) is 12.9. The van der Waals surface area contributed by atoms with Gasteiger partial charge in [0.05, 0.1) is 49.3 Å². The lowest BCUT2D eigenvalue weighted by atomic mass is 9.38. The second kappa shape index (κ2) is 13.7. The molecule has 6 fully saturated rings. The molecule has 3 saturated carbocycles. The lowest BCUT2D eigenvalue weighted by molar-refractivity contribution is -0.341. The van der Waals surface area contributed by atoms with Crippen LogP contribution in [0.25, 0.3) is 0 Å². The van der Waals surface area contributed by atoms with Gasteiger partial charge in [-0.25, -0.2) is 0 Å². The minimum atomic E-state index is -1.97. The molecule has 0 spiro atoms. The number of aliphatic hydroxyl groups is 8. The molecule has 4 aliphatic carbocycles. The molecule has 55 heavy (non-hydrogen) atoms. The van der Waals surface area contributed by atoms with Crippen molar-refractivity contribution < 1.29 is 69.3 Å². The highest BCUT2D eigenvalue weighted by Gasteiger charge is 2.74. The minimum absolute atomic E-state index is 0.0281. The standard InChI is InChI=1S/C41H66O14/c1-35(2)20-9-11-24-37(5)15-22(44)31(39(7)14-13-27(55-39)36(3,4)49)38(37,6)16-25(45)40(24,8)21(20)10-12-26(35)53-33-29(47)28(46)30(23(17-42)52-33)54-34-32(48)41(50,18-43)19-51-34/h9,21-24,26-34,42-44,46-50H,10-19H2,1-8H3/t21-,22+,23-,24+,26+,27+,28-,29-,30-,31+,32+,33+,34+,37+,38-,39+,40+,41-/m1/s1.